The molecular formula is C17H25FN2O. The number of methoxy groups -OCH3 is 1. The van der Waals surface area contributed by atoms with Crippen LogP contribution in [0.3, 0.4) is 0 Å². The number of nitrogens with zero attached hydrogens (tertiary/aromatic N) is 1. The highest BCUT2D eigenvalue weighted by Gasteiger charge is 2.31. The summed E-state index contributed by atoms with van der Waals surface area (Å²) in [7, 11) is 1.52. The maximum Gasteiger partial charge on any atom is 0.169 e. The highest BCUT2D eigenvalue weighted by atomic mass is 19.1. The molecule has 1 unspecified atom stereocenters. The maximum atomic E-state index is 14.3. The van der Waals surface area contributed by atoms with E-state index < -0.39 is 0 Å². The summed E-state index contributed by atoms with van der Waals surface area (Å²) in [5.41, 5.74) is 0.755. The van der Waals surface area contributed by atoms with Crippen molar-refractivity contribution in [3.05, 3.63) is 29.6 Å². The molecule has 0 aromatic heterocycles. The van der Waals surface area contributed by atoms with Crippen molar-refractivity contribution in [2.24, 2.45) is 5.92 Å². The Morgan fingerprint density at radius 1 is 1.33 bits per heavy atom. The van der Waals surface area contributed by atoms with Crippen LogP contribution in [0, 0.1) is 11.7 Å². The molecule has 1 aromatic rings. The van der Waals surface area contributed by atoms with Crippen molar-refractivity contribution in [1.82, 2.24) is 10.2 Å². The number of benzene rings is 1. The van der Waals surface area contributed by atoms with Gasteiger partial charge in [0.1, 0.15) is 0 Å². The third kappa shape index (κ3) is 3.74. The normalized spacial score (nSPS) is 22.5. The summed E-state index contributed by atoms with van der Waals surface area (Å²) >= 11 is 0. The van der Waals surface area contributed by atoms with Crippen LogP contribution in [0.5, 0.6) is 5.75 Å². The summed E-state index contributed by atoms with van der Waals surface area (Å²) in [5.74, 6) is 0.850. The topological polar surface area (TPSA) is 24.5 Å². The molecule has 1 atom stereocenters. The molecule has 1 aliphatic carbocycles. The first-order valence-electron chi connectivity index (χ1n) is 8.04. The Balaban J connectivity index is 1.67. The summed E-state index contributed by atoms with van der Waals surface area (Å²) < 4.78 is 19.4. The Bertz CT molecular complexity index is 470. The van der Waals surface area contributed by atoms with Crippen molar-refractivity contribution in [3.8, 4) is 5.75 Å². The number of ether oxygens (including phenoxy) is 1. The van der Waals surface area contributed by atoms with E-state index in [9.17, 15) is 4.39 Å². The van der Waals surface area contributed by atoms with Crippen LogP contribution in [0.4, 0.5) is 4.39 Å². The van der Waals surface area contributed by atoms with Gasteiger partial charge in [0, 0.05) is 24.7 Å². The van der Waals surface area contributed by atoms with Gasteiger partial charge >= 0.3 is 0 Å². The molecule has 116 valence electrons. The number of halogens is 1. The molecular weight excluding hydrogens is 267 g/mol. The van der Waals surface area contributed by atoms with Crippen LogP contribution in [-0.2, 0) is 6.54 Å². The lowest BCUT2D eigenvalue weighted by atomic mass is 9.98. The summed E-state index contributed by atoms with van der Waals surface area (Å²) in [6, 6.07) is 6.10. The fourth-order valence-electron chi connectivity index (χ4n) is 3.25. The molecule has 0 bridgehead atoms. The number of hydrogen-bond donors (Lipinski definition) is 1. The van der Waals surface area contributed by atoms with Crippen molar-refractivity contribution >= 4 is 0 Å². The number of hydrogen-bond acceptors (Lipinski definition) is 3. The van der Waals surface area contributed by atoms with E-state index in [1.54, 1.807) is 6.07 Å². The van der Waals surface area contributed by atoms with Gasteiger partial charge in [-0.2, -0.15) is 0 Å². The molecule has 2 fully saturated rings. The van der Waals surface area contributed by atoms with E-state index in [1.807, 2.05) is 12.1 Å². The third-order valence-corrected chi connectivity index (χ3v) is 4.59. The molecule has 0 spiro atoms. The fourth-order valence-corrected chi connectivity index (χ4v) is 3.25. The van der Waals surface area contributed by atoms with Gasteiger partial charge in [-0.3, -0.25) is 4.90 Å². The zero-order valence-electron chi connectivity index (χ0n) is 12.8. The lowest BCUT2D eigenvalue weighted by Crippen LogP contribution is -2.39. The van der Waals surface area contributed by atoms with Gasteiger partial charge in [0.2, 0.25) is 0 Å². The van der Waals surface area contributed by atoms with Crippen LogP contribution >= 0.6 is 0 Å². The maximum absolute atomic E-state index is 14.3. The van der Waals surface area contributed by atoms with Crippen molar-refractivity contribution < 1.29 is 9.13 Å². The molecule has 1 N–H and O–H groups in total. The van der Waals surface area contributed by atoms with E-state index in [-0.39, 0.29) is 5.82 Å². The van der Waals surface area contributed by atoms with Crippen molar-refractivity contribution in [1.29, 1.82) is 0 Å². The Morgan fingerprint density at radius 3 is 2.86 bits per heavy atom. The van der Waals surface area contributed by atoms with Crippen LogP contribution < -0.4 is 10.1 Å². The standard InChI is InChI=1S/C17H25FN2O/c1-21-16-6-2-5-14(17(16)18)12-20(15-7-8-15)11-13-4-3-9-19-10-13/h2,5-6,13,15,19H,3-4,7-12H2,1H3. The molecule has 21 heavy (non-hydrogen) atoms. The molecule has 1 saturated heterocycles. The highest BCUT2D eigenvalue weighted by molar-refractivity contribution is 5.31. The predicted octanol–water partition coefficient (Wildman–Crippen LogP) is 2.80. The van der Waals surface area contributed by atoms with E-state index in [0.29, 0.717) is 24.3 Å². The van der Waals surface area contributed by atoms with E-state index in [1.165, 1.54) is 32.8 Å². The highest BCUT2D eigenvalue weighted by Crippen LogP contribution is 2.31. The first-order valence-corrected chi connectivity index (χ1v) is 8.04. The minimum Gasteiger partial charge on any atom is -0.494 e. The van der Waals surface area contributed by atoms with Crippen LogP contribution in [-0.4, -0.2) is 37.7 Å². The average molecular weight is 292 g/mol. The number of piperidine rings is 1. The molecule has 0 amide bonds. The van der Waals surface area contributed by atoms with E-state index in [4.69, 9.17) is 4.74 Å². The van der Waals surface area contributed by atoms with Gasteiger partial charge in [0.15, 0.2) is 11.6 Å². The predicted molar refractivity (Wildman–Crippen MR) is 82.0 cm³/mol. The molecule has 2 aliphatic rings. The van der Waals surface area contributed by atoms with Gasteiger partial charge < -0.3 is 10.1 Å². The van der Waals surface area contributed by atoms with Crippen LogP contribution in [0.1, 0.15) is 31.2 Å². The van der Waals surface area contributed by atoms with Crippen molar-refractivity contribution in [2.45, 2.75) is 38.3 Å². The summed E-state index contributed by atoms with van der Waals surface area (Å²) in [5, 5.41) is 3.47. The van der Waals surface area contributed by atoms with Crippen LogP contribution in [0.2, 0.25) is 0 Å². The molecule has 1 saturated carbocycles. The molecule has 1 aromatic carbocycles. The number of nitrogens with one attached hydrogen (secondary N) is 1. The molecule has 1 aliphatic heterocycles. The molecule has 3 nitrogen and oxygen atoms in total. The first-order chi connectivity index (χ1) is 10.3. The van der Waals surface area contributed by atoms with Gasteiger partial charge in [0.25, 0.3) is 0 Å². The quantitative estimate of drug-likeness (QED) is 0.872. The summed E-state index contributed by atoms with van der Waals surface area (Å²) in [6.45, 7) is 4.02. The zero-order chi connectivity index (χ0) is 14.7. The Hall–Kier alpha value is -1.13. The first kappa shape index (κ1) is 14.8. The minimum absolute atomic E-state index is 0.201. The summed E-state index contributed by atoms with van der Waals surface area (Å²) in [4.78, 5) is 2.47. The zero-order valence-corrected chi connectivity index (χ0v) is 12.8. The number of rotatable bonds is 6. The Kier molecular flexibility index (Phi) is 4.76. The largest absolute Gasteiger partial charge is 0.494 e. The fraction of sp³-hybridized carbons (Fsp3) is 0.647. The van der Waals surface area contributed by atoms with Gasteiger partial charge in [0.05, 0.1) is 7.11 Å². The minimum atomic E-state index is -0.201. The van der Waals surface area contributed by atoms with Gasteiger partial charge in [-0.05, 0) is 50.8 Å². The summed E-state index contributed by atoms with van der Waals surface area (Å²) in [6.07, 6.45) is 5.06. The van der Waals surface area contributed by atoms with Gasteiger partial charge in [-0.15, -0.1) is 0 Å². The SMILES string of the molecule is COc1cccc(CN(CC2CCCNC2)C2CC2)c1F. The van der Waals surface area contributed by atoms with Crippen molar-refractivity contribution in [3.63, 3.8) is 0 Å². The van der Waals surface area contributed by atoms with Gasteiger partial charge in [-0.1, -0.05) is 12.1 Å². The van der Waals surface area contributed by atoms with E-state index >= 15 is 0 Å². The van der Waals surface area contributed by atoms with Gasteiger partial charge in [-0.25, -0.2) is 4.39 Å². The second kappa shape index (κ2) is 6.75. The lowest BCUT2D eigenvalue weighted by Gasteiger charge is -2.30. The molecule has 4 heteroatoms. The van der Waals surface area contributed by atoms with Crippen molar-refractivity contribution in [2.75, 3.05) is 26.7 Å². The average Bonchev–Trinajstić information content (AvgIpc) is 3.34. The van der Waals surface area contributed by atoms with E-state index in [2.05, 4.69) is 10.2 Å². The molecule has 1 heterocycles. The molecule has 0 radical (unpaired) electrons. The monoisotopic (exact) mass is 292 g/mol. The Labute approximate surface area is 126 Å². The van der Waals surface area contributed by atoms with Crippen LogP contribution in [0.25, 0.3) is 0 Å². The lowest BCUT2D eigenvalue weighted by molar-refractivity contribution is 0.190. The Morgan fingerprint density at radius 2 is 2.19 bits per heavy atom. The second-order valence-corrected chi connectivity index (χ2v) is 6.31. The smallest absolute Gasteiger partial charge is 0.169 e. The molecule has 3 rings (SSSR count). The van der Waals surface area contributed by atoms with E-state index in [0.717, 1.165) is 25.2 Å². The second-order valence-electron chi connectivity index (χ2n) is 6.31. The van der Waals surface area contributed by atoms with Crippen LogP contribution in [0.15, 0.2) is 18.2 Å². The third-order valence-electron chi connectivity index (χ3n) is 4.59.